The molecule has 2 fully saturated rings. The van der Waals surface area contributed by atoms with Gasteiger partial charge in [0.15, 0.2) is 0 Å². The molecule has 0 aromatic rings. The molecule has 0 amide bonds. The van der Waals surface area contributed by atoms with Gasteiger partial charge in [-0.15, -0.1) is 0 Å². The van der Waals surface area contributed by atoms with E-state index in [1.165, 1.54) is 0 Å². The maximum atomic E-state index is 10.5. The number of hydrogen-bond acceptors (Lipinski definition) is 4. The van der Waals surface area contributed by atoms with Gasteiger partial charge in [0.05, 0.1) is 25.2 Å². The summed E-state index contributed by atoms with van der Waals surface area (Å²) in [6.07, 6.45) is 4.01. The Bertz CT molecular complexity index is 253. The third-order valence-corrected chi connectivity index (χ3v) is 3.41. The van der Waals surface area contributed by atoms with Crippen molar-refractivity contribution in [1.29, 1.82) is 0 Å². The van der Waals surface area contributed by atoms with Gasteiger partial charge in [0.25, 0.3) is 0 Å². The minimum absolute atomic E-state index is 0.209. The van der Waals surface area contributed by atoms with Crippen LogP contribution in [-0.2, 0) is 14.3 Å². The van der Waals surface area contributed by atoms with E-state index in [0.717, 1.165) is 39.0 Å². The van der Waals surface area contributed by atoms with Crippen molar-refractivity contribution in [3.05, 3.63) is 0 Å². The Morgan fingerprint density at radius 2 is 2.12 bits per heavy atom. The van der Waals surface area contributed by atoms with Gasteiger partial charge in [-0.3, -0.25) is 9.69 Å². The first-order valence-electron chi connectivity index (χ1n) is 6.41. The maximum Gasteiger partial charge on any atom is 0.304 e. The monoisotopic (exact) mass is 243 g/mol. The number of carboxylic acid groups (broad SMARTS) is 1. The van der Waals surface area contributed by atoms with Crippen molar-refractivity contribution in [2.45, 2.75) is 37.9 Å². The minimum atomic E-state index is -0.729. The lowest BCUT2D eigenvalue weighted by Crippen LogP contribution is -2.44. The van der Waals surface area contributed by atoms with Gasteiger partial charge in [0.1, 0.15) is 0 Å². The van der Waals surface area contributed by atoms with E-state index in [1.54, 1.807) is 0 Å². The largest absolute Gasteiger partial charge is 0.481 e. The summed E-state index contributed by atoms with van der Waals surface area (Å²) >= 11 is 0. The number of carbonyl (C=O) groups is 1. The van der Waals surface area contributed by atoms with Crippen molar-refractivity contribution in [2.75, 3.05) is 32.8 Å². The highest BCUT2D eigenvalue weighted by Crippen LogP contribution is 2.20. The Morgan fingerprint density at radius 3 is 2.82 bits per heavy atom. The number of ether oxygens (including phenoxy) is 2. The van der Waals surface area contributed by atoms with Crippen molar-refractivity contribution >= 4 is 5.97 Å². The van der Waals surface area contributed by atoms with Gasteiger partial charge in [-0.05, 0) is 12.8 Å². The van der Waals surface area contributed by atoms with Gasteiger partial charge < -0.3 is 14.6 Å². The van der Waals surface area contributed by atoms with E-state index < -0.39 is 5.97 Å². The third-order valence-electron chi connectivity index (χ3n) is 3.41. The van der Waals surface area contributed by atoms with Crippen LogP contribution in [0, 0.1) is 0 Å². The molecule has 0 radical (unpaired) electrons. The molecular formula is C12H21NO4. The predicted molar refractivity (Wildman–Crippen MR) is 62.0 cm³/mol. The van der Waals surface area contributed by atoms with Crippen LogP contribution >= 0.6 is 0 Å². The van der Waals surface area contributed by atoms with Crippen LogP contribution in [0.2, 0.25) is 0 Å². The van der Waals surface area contributed by atoms with Crippen LogP contribution in [0.5, 0.6) is 0 Å². The second-order valence-electron chi connectivity index (χ2n) is 4.81. The summed E-state index contributed by atoms with van der Waals surface area (Å²) in [5.41, 5.74) is 0. The smallest absolute Gasteiger partial charge is 0.304 e. The Labute approximate surface area is 102 Å². The second-order valence-corrected chi connectivity index (χ2v) is 4.81. The zero-order valence-corrected chi connectivity index (χ0v) is 10.1. The zero-order chi connectivity index (χ0) is 12.1. The topological polar surface area (TPSA) is 59.0 Å². The molecule has 0 saturated carbocycles. The zero-order valence-electron chi connectivity index (χ0n) is 10.1. The molecular weight excluding hydrogens is 222 g/mol. The van der Waals surface area contributed by atoms with E-state index in [0.29, 0.717) is 19.3 Å². The molecule has 5 nitrogen and oxygen atoms in total. The van der Waals surface area contributed by atoms with Gasteiger partial charge in [-0.1, -0.05) is 0 Å². The lowest BCUT2D eigenvalue weighted by Gasteiger charge is -2.33. The molecule has 2 rings (SSSR count). The fourth-order valence-corrected chi connectivity index (χ4v) is 2.50. The van der Waals surface area contributed by atoms with Crippen LogP contribution in [0.25, 0.3) is 0 Å². The average molecular weight is 243 g/mol. The molecule has 5 heteroatoms. The molecule has 17 heavy (non-hydrogen) atoms. The van der Waals surface area contributed by atoms with Gasteiger partial charge >= 0.3 is 5.97 Å². The lowest BCUT2D eigenvalue weighted by molar-refractivity contribution is -0.138. The third kappa shape index (κ3) is 4.26. The lowest BCUT2D eigenvalue weighted by atomic mass is 10.1. The van der Waals surface area contributed by atoms with Crippen LogP contribution in [-0.4, -0.2) is 61.0 Å². The molecule has 98 valence electrons. The predicted octanol–water partition coefficient (Wildman–Crippen LogP) is 0.731. The van der Waals surface area contributed by atoms with Crippen molar-refractivity contribution in [1.82, 2.24) is 4.90 Å². The molecule has 0 bridgehead atoms. The number of rotatable bonds is 5. The summed E-state index contributed by atoms with van der Waals surface area (Å²) in [4.78, 5) is 12.7. The number of nitrogens with zero attached hydrogens (tertiary/aromatic N) is 1. The number of morpholine rings is 1. The van der Waals surface area contributed by atoms with Gasteiger partial charge in [-0.2, -0.15) is 0 Å². The quantitative estimate of drug-likeness (QED) is 0.771. The molecule has 0 aromatic heterocycles. The maximum absolute atomic E-state index is 10.5. The summed E-state index contributed by atoms with van der Waals surface area (Å²) in [6, 6.07) is 0. The number of hydrogen-bond donors (Lipinski definition) is 1. The summed E-state index contributed by atoms with van der Waals surface area (Å²) in [5, 5.41) is 8.66. The molecule has 0 aliphatic carbocycles. The van der Waals surface area contributed by atoms with Crippen molar-refractivity contribution in [2.24, 2.45) is 0 Å². The number of aliphatic carboxylic acids is 1. The van der Waals surface area contributed by atoms with Crippen molar-refractivity contribution in [3.63, 3.8) is 0 Å². The Morgan fingerprint density at radius 1 is 1.29 bits per heavy atom. The van der Waals surface area contributed by atoms with Crippen LogP contribution < -0.4 is 0 Å². The normalized spacial score (nSPS) is 30.6. The first-order chi connectivity index (χ1) is 8.24. The van der Waals surface area contributed by atoms with Crippen molar-refractivity contribution in [3.8, 4) is 0 Å². The van der Waals surface area contributed by atoms with Gasteiger partial charge in [0.2, 0.25) is 0 Å². The molecule has 0 aromatic carbocycles. The Balaban J connectivity index is 1.70. The molecule has 2 atom stereocenters. The highest BCUT2D eigenvalue weighted by molar-refractivity contribution is 5.66. The van der Waals surface area contributed by atoms with E-state index in [2.05, 4.69) is 4.90 Å². The summed E-state index contributed by atoms with van der Waals surface area (Å²) in [7, 11) is 0. The number of carboxylic acids is 1. The van der Waals surface area contributed by atoms with Crippen molar-refractivity contribution < 1.29 is 19.4 Å². The van der Waals surface area contributed by atoms with E-state index in [1.807, 2.05) is 0 Å². The average Bonchev–Trinajstić information content (AvgIpc) is 2.80. The second kappa shape index (κ2) is 6.33. The van der Waals surface area contributed by atoms with Crippen LogP contribution in [0.4, 0.5) is 0 Å². The standard InChI is InChI=1S/C12H21NO4/c14-12(15)3-4-13-5-7-17-11(9-13)8-10-2-1-6-16-10/h10-11H,1-9H2,(H,14,15). The summed E-state index contributed by atoms with van der Waals surface area (Å²) < 4.78 is 11.3. The molecule has 2 aliphatic heterocycles. The highest BCUT2D eigenvalue weighted by Gasteiger charge is 2.25. The van der Waals surface area contributed by atoms with Gasteiger partial charge in [-0.25, -0.2) is 0 Å². The first-order valence-corrected chi connectivity index (χ1v) is 6.41. The molecule has 0 spiro atoms. The van der Waals surface area contributed by atoms with Gasteiger partial charge in [0, 0.05) is 32.7 Å². The molecule has 2 aliphatic rings. The summed E-state index contributed by atoms with van der Waals surface area (Å²) in [6.45, 7) is 3.89. The first kappa shape index (κ1) is 12.8. The molecule has 2 saturated heterocycles. The van der Waals surface area contributed by atoms with Crippen LogP contribution in [0.3, 0.4) is 0 Å². The van der Waals surface area contributed by atoms with Crippen LogP contribution in [0.1, 0.15) is 25.7 Å². The fourth-order valence-electron chi connectivity index (χ4n) is 2.50. The molecule has 2 heterocycles. The van der Waals surface area contributed by atoms with E-state index in [-0.39, 0.29) is 12.5 Å². The fraction of sp³-hybridized carbons (Fsp3) is 0.917. The molecule has 2 unspecified atom stereocenters. The summed E-state index contributed by atoms with van der Waals surface area (Å²) in [5.74, 6) is -0.729. The van der Waals surface area contributed by atoms with Crippen LogP contribution in [0.15, 0.2) is 0 Å². The Hall–Kier alpha value is -0.650. The molecule has 1 N–H and O–H groups in total. The van der Waals surface area contributed by atoms with E-state index in [9.17, 15) is 4.79 Å². The highest BCUT2D eigenvalue weighted by atomic mass is 16.5. The van der Waals surface area contributed by atoms with E-state index in [4.69, 9.17) is 14.6 Å². The Kier molecular flexibility index (Phi) is 4.76. The van der Waals surface area contributed by atoms with E-state index >= 15 is 0 Å². The SMILES string of the molecule is O=C(O)CCN1CCOC(CC2CCCO2)C1. The minimum Gasteiger partial charge on any atom is -0.481 e.